The third kappa shape index (κ3) is 3.65. The summed E-state index contributed by atoms with van der Waals surface area (Å²) in [6.45, 7) is 6.82. The number of imide groups is 1. The molecular weight excluding hydrogens is 310 g/mol. The summed E-state index contributed by atoms with van der Waals surface area (Å²) in [5, 5.41) is 0. The summed E-state index contributed by atoms with van der Waals surface area (Å²) < 4.78 is 5.45. The third-order valence-corrected chi connectivity index (χ3v) is 4.76. The standard InChI is InChI=1S/C17H27N3O4/c1-17(2,3)24-16(23)18-9-4-5-12(18)8-10-19-14(21)11-20(15(19)22)13-6-7-13/h12-13H,4-11H2,1-3H3/t12-/m0/s1. The van der Waals surface area contributed by atoms with Crippen LogP contribution in [0.5, 0.6) is 0 Å². The van der Waals surface area contributed by atoms with Gasteiger partial charge in [-0.05, 0) is 52.9 Å². The summed E-state index contributed by atoms with van der Waals surface area (Å²) in [5.74, 6) is -0.117. The summed E-state index contributed by atoms with van der Waals surface area (Å²) in [4.78, 5) is 41.5. The molecule has 0 N–H and O–H groups in total. The Balaban J connectivity index is 1.54. The number of amides is 4. The first-order valence-corrected chi connectivity index (χ1v) is 8.87. The molecule has 2 heterocycles. The summed E-state index contributed by atoms with van der Waals surface area (Å²) in [7, 11) is 0. The van der Waals surface area contributed by atoms with Gasteiger partial charge in [-0.25, -0.2) is 9.59 Å². The molecule has 3 rings (SSSR count). The lowest BCUT2D eigenvalue weighted by Crippen LogP contribution is -2.42. The molecule has 0 aromatic heterocycles. The van der Waals surface area contributed by atoms with Gasteiger partial charge in [0.1, 0.15) is 12.1 Å². The van der Waals surface area contributed by atoms with Gasteiger partial charge in [0, 0.05) is 25.2 Å². The Hall–Kier alpha value is -1.79. The van der Waals surface area contributed by atoms with E-state index >= 15 is 0 Å². The molecule has 1 atom stereocenters. The minimum atomic E-state index is -0.518. The Morgan fingerprint density at radius 2 is 1.92 bits per heavy atom. The molecule has 0 radical (unpaired) electrons. The van der Waals surface area contributed by atoms with Gasteiger partial charge < -0.3 is 14.5 Å². The zero-order valence-electron chi connectivity index (χ0n) is 14.8. The van der Waals surface area contributed by atoms with Crippen LogP contribution < -0.4 is 0 Å². The van der Waals surface area contributed by atoms with E-state index in [1.165, 1.54) is 4.90 Å². The van der Waals surface area contributed by atoms with Gasteiger partial charge in [0.2, 0.25) is 5.91 Å². The van der Waals surface area contributed by atoms with Crippen molar-refractivity contribution in [1.29, 1.82) is 0 Å². The maximum Gasteiger partial charge on any atom is 0.410 e. The number of carbonyl (C=O) groups excluding carboxylic acids is 3. The molecule has 2 saturated heterocycles. The SMILES string of the molecule is CC(C)(C)OC(=O)N1CCC[C@H]1CCN1C(=O)CN(C2CC2)C1=O. The largest absolute Gasteiger partial charge is 0.444 e. The van der Waals surface area contributed by atoms with Gasteiger partial charge in [-0.15, -0.1) is 0 Å². The summed E-state index contributed by atoms with van der Waals surface area (Å²) in [6.07, 6.45) is 4.14. The molecule has 134 valence electrons. The summed E-state index contributed by atoms with van der Waals surface area (Å²) >= 11 is 0. The second-order valence-electron chi connectivity index (χ2n) is 7.95. The Labute approximate surface area is 142 Å². The van der Waals surface area contributed by atoms with Crippen LogP contribution in [0.15, 0.2) is 0 Å². The molecule has 0 spiro atoms. The molecule has 24 heavy (non-hydrogen) atoms. The van der Waals surface area contributed by atoms with Gasteiger partial charge in [0.15, 0.2) is 0 Å². The minimum Gasteiger partial charge on any atom is -0.444 e. The van der Waals surface area contributed by atoms with Crippen molar-refractivity contribution < 1.29 is 19.1 Å². The predicted molar refractivity (Wildman–Crippen MR) is 87.4 cm³/mol. The first-order valence-electron chi connectivity index (χ1n) is 8.87. The zero-order valence-corrected chi connectivity index (χ0v) is 14.8. The first-order chi connectivity index (χ1) is 11.3. The van der Waals surface area contributed by atoms with Crippen LogP contribution in [-0.4, -0.2) is 70.1 Å². The molecule has 7 nitrogen and oxygen atoms in total. The number of rotatable bonds is 4. The number of ether oxygens (including phenoxy) is 1. The first kappa shape index (κ1) is 17.0. The van der Waals surface area contributed by atoms with Crippen molar-refractivity contribution in [3.63, 3.8) is 0 Å². The quantitative estimate of drug-likeness (QED) is 0.738. The van der Waals surface area contributed by atoms with Crippen molar-refractivity contribution in [3.05, 3.63) is 0 Å². The van der Waals surface area contributed by atoms with Crippen LogP contribution >= 0.6 is 0 Å². The monoisotopic (exact) mass is 337 g/mol. The highest BCUT2D eigenvalue weighted by Gasteiger charge is 2.44. The van der Waals surface area contributed by atoms with Crippen LogP contribution in [0.1, 0.15) is 52.9 Å². The van der Waals surface area contributed by atoms with Crippen LogP contribution in [0.3, 0.4) is 0 Å². The van der Waals surface area contributed by atoms with E-state index in [9.17, 15) is 14.4 Å². The molecule has 3 fully saturated rings. The molecule has 0 unspecified atom stereocenters. The topological polar surface area (TPSA) is 70.2 Å². The lowest BCUT2D eigenvalue weighted by atomic mass is 10.1. The zero-order chi connectivity index (χ0) is 17.5. The average Bonchev–Trinajstić information content (AvgIpc) is 3.13. The number of hydrogen-bond donors (Lipinski definition) is 0. The van der Waals surface area contributed by atoms with E-state index in [2.05, 4.69) is 0 Å². The molecule has 0 bridgehead atoms. The Bertz CT molecular complexity index is 538. The van der Waals surface area contributed by atoms with Crippen molar-refractivity contribution in [2.45, 2.75) is 70.6 Å². The Morgan fingerprint density at radius 3 is 2.54 bits per heavy atom. The van der Waals surface area contributed by atoms with Gasteiger partial charge in [-0.1, -0.05) is 0 Å². The molecule has 4 amide bonds. The van der Waals surface area contributed by atoms with E-state index in [-0.39, 0.29) is 36.7 Å². The molecule has 0 aromatic carbocycles. The van der Waals surface area contributed by atoms with E-state index in [1.807, 2.05) is 20.8 Å². The normalized spacial score (nSPS) is 25.0. The fraction of sp³-hybridized carbons (Fsp3) is 0.824. The van der Waals surface area contributed by atoms with Crippen LogP contribution in [0.4, 0.5) is 9.59 Å². The minimum absolute atomic E-state index is 0.0374. The van der Waals surface area contributed by atoms with E-state index < -0.39 is 5.60 Å². The molecule has 0 aromatic rings. The molecule has 1 saturated carbocycles. The van der Waals surface area contributed by atoms with Gasteiger partial charge in [0.25, 0.3) is 0 Å². The number of carbonyl (C=O) groups is 3. The van der Waals surface area contributed by atoms with Crippen molar-refractivity contribution in [2.24, 2.45) is 0 Å². The van der Waals surface area contributed by atoms with Gasteiger partial charge in [-0.2, -0.15) is 0 Å². The third-order valence-electron chi connectivity index (χ3n) is 4.76. The van der Waals surface area contributed by atoms with Crippen LogP contribution in [0.25, 0.3) is 0 Å². The van der Waals surface area contributed by atoms with Crippen molar-refractivity contribution in [3.8, 4) is 0 Å². The lowest BCUT2D eigenvalue weighted by Gasteiger charge is -2.29. The number of nitrogens with zero attached hydrogens (tertiary/aromatic N) is 3. The van der Waals surface area contributed by atoms with Crippen molar-refractivity contribution in [1.82, 2.24) is 14.7 Å². The maximum atomic E-state index is 12.3. The highest BCUT2D eigenvalue weighted by Crippen LogP contribution is 2.31. The van der Waals surface area contributed by atoms with Crippen LogP contribution in [-0.2, 0) is 9.53 Å². The van der Waals surface area contributed by atoms with Crippen LogP contribution in [0, 0.1) is 0 Å². The highest BCUT2D eigenvalue weighted by atomic mass is 16.6. The maximum absolute atomic E-state index is 12.3. The smallest absolute Gasteiger partial charge is 0.410 e. The van der Waals surface area contributed by atoms with E-state index in [0.29, 0.717) is 19.5 Å². The fourth-order valence-electron chi connectivity index (χ4n) is 3.43. The van der Waals surface area contributed by atoms with Gasteiger partial charge in [0.05, 0.1) is 0 Å². The van der Waals surface area contributed by atoms with E-state index in [1.54, 1.807) is 9.80 Å². The molecule has 1 aliphatic carbocycles. The number of hydrogen-bond acceptors (Lipinski definition) is 4. The predicted octanol–water partition coefficient (Wildman–Crippen LogP) is 2.20. The van der Waals surface area contributed by atoms with Crippen LogP contribution in [0.2, 0.25) is 0 Å². The molecule has 3 aliphatic rings. The van der Waals surface area contributed by atoms with E-state index in [4.69, 9.17) is 4.74 Å². The van der Waals surface area contributed by atoms with Gasteiger partial charge in [-0.3, -0.25) is 9.69 Å². The molecule has 7 heteroatoms. The molecule has 2 aliphatic heterocycles. The number of urea groups is 1. The van der Waals surface area contributed by atoms with Gasteiger partial charge >= 0.3 is 12.1 Å². The highest BCUT2D eigenvalue weighted by molar-refractivity contribution is 6.02. The van der Waals surface area contributed by atoms with E-state index in [0.717, 1.165) is 25.7 Å². The lowest BCUT2D eigenvalue weighted by molar-refractivity contribution is -0.125. The Kier molecular flexibility index (Phi) is 4.44. The summed E-state index contributed by atoms with van der Waals surface area (Å²) in [6, 6.07) is 0.135. The Morgan fingerprint density at radius 1 is 1.21 bits per heavy atom. The number of likely N-dealkylation sites (tertiary alicyclic amines) is 1. The van der Waals surface area contributed by atoms with Crippen molar-refractivity contribution in [2.75, 3.05) is 19.6 Å². The average molecular weight is 337 g/mol. The van der Waals surface area contributed by atoms with Crippen molar-refractivity contribution >= 4 is 18.0 Å². The second-order valence-corrected chi connectivity index (χ2v) is 7.95. The fourth-order valence-corrected chi connectivity index (χ4v) is 3.43. The summed E-state index contributed by atoms with van der Waals surface area (Å²) in [5.41, 5.74) is -0.518. The molecular formula is C17H27N3O4. The second kappa shape index (κ2) is 6.26.